The van der Waals surface area contributed by atoms with Crippen LogP contribution in [0.25, 0.3) is 6.08 Å². The van der Waals surface area contributed by atoms with E-state index in [-0.39, 0.29) is 0 Å². The van der Waals surface area contributed by atoms with Crippen molar-refractivity contribution < 1.29 is 0 Å². The summed E-state index contributed by atoms with van der Waals surface area (Å²) in [6.45, 7) is 3.94. The predicted octanol–water partition coefficient (Wildman–Crippen LogP) is 4.27. The number of nitrogens with zero attached hydrogens (tertiary/aromatic N) is 2. The van der Waals surface area contributed by atoms with Crippen LogP contribution in [0.5, 0.6) is 0 Å². The van der Waals surface area contributed by atoms with Crippen molar-refractivity contribution >= 4 is 29.1 Å². The van der Waals surface area contributed by atoms with Gasteiger partial charge < -0.3 is 10.2 Å². The Morgan fingerprint density at radius 3 is 2.52 bits per heavy atom. The molecule has 3 rings (SSSR count). The molecular formula is C19H21N3S. The minimum atomic E-state index is 0.809. The number of benzene rings is 1. The Balaban J connectivity index is 1.57. The average molecular weight is 323 g/mol. The van der Waals surface area contributed by atoms with Gasteiger partial charge in [-0.1, -0.05) is 29.8 Å². The fourth-order valence-electron chi connectivity index (χ4n) is 2.72. The van der Waals surface area contributed by atoms with E-state index >= 15 is 0 Å². The number of aromatic nitrogens is 1. The molecule has 0 atom stereocenters. The fourth-order valence-corrected chi connectivity index (χ4v) is 3.02. The average Bonchev–Trinajstić information content (AvgIpc) is 2.56. The number of thiocarbonyl (C=S) groups is 1. The highest BCUT2D eigenvalue weighted by molar-refractivity contribution is 7.80. The number of rotatable bonds is 2. The van der Waals surface area contributed by atoms with Crippen LogP contribution in [0.1, 0.15) is 24.2 Å². The number of nitrogens with one attached hydrogen (secondary N) is 1. The molecule has 2 heterocycles. The Morgan fingerprint density at radius 2 is 1.83 bits per heavy atom. The maximum atomic E-state index is 5.52. The molecule has 0 bridgehead atoms. The summed E-state index contributed by atoms with van der Waals surface area (Å²) in [5.74, 6) is 0. The summed E-state index contributed by atoms with van der Waals surface area (Å²) in [7, 11) is 0. The number of anilines is 1. The van der Waals surface area contributed by atoms with E-state index in [1.165, 1.54) is 5.57 Å². The Kier molecular flexibility index (Phi) is 5.03. The molecule has 1 fully saturated rings. The molecule has 0 aliphatic carbocycles. The normalized spacial score (nSPS) is 14.5. The smallest absolute Gasteiger partial charge is 0.173 e. The molecule has 0 spiro atoms. The van der Waals surface area contributed by atoms with Crippen LogP contribution in [0, 0.1) is 6.92 Å². The van der Waals surface area contributed by atoms with E-state index in [4.69, 9.17) is 12.2 Å². The van der Waals surface area contributed by atoms with Gasteiger partial charge in [0.05, 0.1) is 5.69 Å². The van der Waals surface area contributed by atoms with Crippen LogP contribution < -0.4 is 5.32 Å². The summed E-state index contributed by atoms with van der Waals surface area (Å²) >= 11 is 5.52. The van der Waals surface area contributed by atoms with Gasteiger partial charge in [0.15, 0.2) is 5.11 Å². The quantitative estimate of drug-likeness (QED) is 0.836. The van der Waals surface area contributed by atoms with Gasteiger partial charge in [0, 0.05) is 24.5 Å². The van der Waals surface area contributed by atoms with Gasteiger partial charge in [-0.3, -0.25) is 4.98 Å². The maximum absolute atomic E-state index is 5.52. The van der Waals surface area contributed by atoms with E-state index in [2.05, 4.69) is 33.4 Å². The monoisotopic (exact) mass is 323 g/mol. The van der Waals surface area contributed by atoms with Crippen molar-refractivity contribution in [2.24, 2.45) is 0 Å². The van der Waals surface area contributed by atoms with Crippen molar-refractivity contribution in [1.29, 1.82) is 0 Å². The summed E-state index contributed by atoms with van der Waals surface area (Å²) in [5, 5.41) is 4.12. The maximum Gasteiger partial charge on any atom is 0.173 e. The van der Waals surface area contributed by atoms with Crippen LogP contribution in [0.3, 0.4) is 0 Å². The second kappa shape index (κ2) is 7.38. The summed E-state index contributed by atoms with van der Waals surface area (Å²) in [5.41, 5.74) is 4.60. The first-order chi connectivity index (χ1) is 11.2. The molecule has 0 radical (unpaired) electrons. The van der Waals surface area contributed by atoms with E-state index in [9.17, 15) is 0 Å². The standard InChI is InChI=1S/C19H21N3S/c1-15-6-5-9-18(20-15)14-16-10-12-22(13-11-16)19(23)21-17-7-3-2-4-8-17/h2-9,14H,10-13H2,1H3,(H,21,23). The molecule has 1 aliphatic rings. The third-order valence-electron chi connectivity index (χ3n) is 3.98. The molecule has 3 nitrogen and oxygen atoms in total. The molecule has 0 amide bonds. The topological polar surface area (TPSA) is 28.2 Å². The summed E-state index contributed by atoms with van der Waals surface area (Å²) in [6, 6.07) is 16.2. The van der Waals surface area contributed by atoms with Crippen LogP contribution >= 0.6 is 12.2 Å². The number of pyridine rings is 1. The van der Waals surface area contributed by atoms with Crippen LogP contribution in [-0.2, 0) is 0 Å². The molecule has 1 saturated heterocycles. The van der Waals surface area contributed by atoms with E-state index in [1.54, 1.807) is 0 Å². The summed E-state index contributed by atoms with van der Waals surface area (Å²) in [4.78, 5) is 6.79. The van der Waals surface area contributed by atoms with Gasteiger partial charge in [0.1, 0.15) is 0 Å². The lowest BCUT2D eigenvalue weighted by Crippen LogP contribution is -2.39. The van der Waals surface area contributed by atoms with E-state index < -0.39 is 0 Å². The van der Waals surface area contributed by atoms with E-state index in [0.717, 1.165) is 48.1 Å². The van der Waals surface area contributed by atoms with Gasteiger partial charge in [0.2, 0.25) is 0 Å². The summed E-state index contributed by atoms with van der Waals surface area (Å²) in [6.07, 6.45) is 4.29. The van der Waals surface area contributed by atoms with E-state index in [1.807, 2.05) is 43.3 Å². The van der Waals surface area contributed by atoms with Crippen LogP contribution in [-0.4, -0.2) is 28.1 Å². The van der Waals surface area contributed by atoms with E-state index in [0.29, 0.717) is 0 Å². The molecule has 23 heavy (non-hydrogen) atoms. The largest absolute Gasteiger partial charge is 0.348 e. The predicted molar refractivity (Wildman–Crippen MR) is 100 cm³/mol. The van der Waals surface area contributed by atoms with Crippen LogP contribution in [0.4, 0.5) is 5.69 Å². The molecule has 4 heteroatoms. The molecule has 1 aromatic carbocycles. The zero-order valence-electron chi connectivity index (χ0n) is 13.3. The third-order valence-corrected chi connectivity index (χ3v) is 4.34. The van der Waals surface area contributed by atoms with Gasteiger partial charge in [-0.15, -0.1) is 0 Å². The van der Waals surface area contributed by atoms with Crippen molar-refractivity contribution in [2.45, 2.75) is 19.8 Å². The minimum Gasteiger partial charge on any atom is -0.348 e. The molecule has 1 aromatic heterocycles. The molecule has 0 unspecified atom stereocenters. The van der Waals surface area contributed by atoms with Crippen molar-refractivity contribution in [3.8, 4) is 0 Å². The number of likely N-dealkylation sites (tertiary alicyclic amines) is 1. The van der Waals surface area contributed by atoms with Crippen molar-refractivity contribution in [3.05, 3.63) is 65.5 Å². The lowest BCUT2D eigenvalue weighted by molar-refractivity contribution is 0.395. The lowest BCUT2D eigenvalue weighted by Gasteiger charge is -2.31. The second-order valence-corrected chi connectivity index (χ2v) is 6.18. The van der Waals surface area contributed by atoms with Gasteiger partial charge in [-0.25, -0.2) is 0 Å². The molecule has 1 aliphatic heterocycles. The first-order valence-electron chi connectivity index (χ1n) is 7.95. The highest BCUT2D eigenvalue weighted by atomic mass is 32.1. The zero-order chi connectivity index (χ0) is 16.1. The molecule has 0 saturated carbocycles. The van der Waals surface area contributed by atoms with Crippen molar-refractivity contribution in [2.75, 3.05) is 18.4 Å². The first kappa shape index (κ1) is 15.7. The Morgan fingerprint density at radius 1 is 1.09 bits per heavy atom. The molecular weight excluding hydrogens is 302 g/mol. The second-order valence-electron chi connectivity index (χ2n) is 5.79. The van der Waals surface area contributed by atoms with Gasteiger partial charge in [-0.05, 0) is 62.3 Å². The third kappa shape index (κ3) is 4.39. The zero-order valence-corrected chi connectivity index (χ0v) is 14.1. The number of hydrogen-bond donors (Lipinski definition) is 1. The number of para-hydroxylation sites is 1. The van der Waals surface area contributed by atoms with Gasteiger partial charge >= 0.3 is 0 Å². The number of aryl methyl sites for hydroxylation is 1. The number of hydrogen-bond acceptors (Lipinski definition) is 2. The molecule has 2 aromatic rings. The Bertz CT molecular complexity index is 700. The molecule has 1 N–H and O–H groups in total. The Hall–Kier alpha value is -2.20. The minimum absolute atomic E-state index is 0.809. The lowest BCUT2D eigenvalue weighted by atomic mass is 10.0. The highest BCUT2D eigenvalue weighted by Crippen LogP contribution is 2.20. The first-order valence-corrected chi connectivity index (χ1v) is 8.35. The van der Waals surface area contributed by atoms with Crippen LogP contribution in [0.15, 0.2) is 54.1 Å². The molecule has 118 valence electrons. The SMILES string of the molecule is Cc1cccc(C=C2CCN(C(=S)Nc3ccccc3)CC2)n1. The van der Waals surface area contributed by atoms with Crippen molar-refractivity contribution in [3.63, 3.8) is 0 Å². The van der Waals surface area contributed by atoms with Crippen LogP contribution in [0.2, 0.25) is 0 Å². The Labute approximate surface area is 143 Å². The summed E-state index contributed by atoms with van der Waals surface area (Å²) < 4.78 is 0. The van der Waals surface area contributed by atoms with Crippen molar-refractivity contribution in [1.82, 2.24) is 9.88 Å². The fraction of sp³-hybridized carbons (Fsp3) is 0.263. The number of piperidine rings is 1. The highest BCUT2D eigenvalue weighted by Gasteiger charge is 2.16. The van der Waals surface area contributed by atoms with Gasteiger partial charge in [-0.2, -0.15) is 0 Å². The van der Waals surface area contributed by atoms with Gasteiger partial charge in [0.25, 0.3) is 0 Å².